The first-order valence-corrected chi connectivity index (χ1v) is 9.58. The Labute approximate surface area is 184 Å². The average Bonchev–Trinajstić information content (AvgIpc) is 3.02. The minimum Gasteiger partial charge on any atom is -0.497 e. The van der Waals surface area contributed by atoms with Gasteiger partial charge in [0, 0.05) is 5.56 Å². The Balaban J connectivity index is 2.05. The van der Waals surface area contributed by atoms with Gasteiger partial charge in [0.1, 0.15) is 29.8 Å². The van der Waals surface area contributed by atoms with E-state index in [1.54, 1.807) is 61.7 Å². The summed E-state index contributed by atoms with van der Waals surface area (Å²) in [7, 11) is 2.81. The van der Waals surface area contributed by atoms with Crippen LogP contribution in [0.5, 0.6) is 11.5 Å². The number of carbonyl (C=O) groups is 2. The van der Waals surface area contributed by atoms with Crippen LogP contribution in [0.3, 0.4) is 0 Å². The number of methoxy groups -OCH3 is 2. The van der Waals surface area contributed by atoms with Crippen LogP contribution < -0.4 is 14.4 Å². The van der Waals surface area contributed by atoms with Crippen LogP contribution in [-0.2, 0) is 14.3 Å². The van der Waals surface area contributed by atoms with Gasteiger partial charge in [0.25, 0.3) is 5.91 Å². The fourth-order valence-corrected chi connectivity index (χ4v) is 3.33. The Morgan fingerprint density at radius 2 is 1.87 bits per heavy atom. The Morgan fingerprint density at radius 1 is 1.16 bits per heavy atom. The summed E-state index contributed by atoms with van der Waals surface area (Å²) in [5, 5.41) is 8.95. The topological polar surface area (TPSA) is 92.1 Å². The Kier molecular flexibility index (Phi) is 6.85. The Hall–Kier alpha value is -3.90. The number of para-hydroxylation sites is 1. The van der Waals surface area contributed by atoms with Crippen molar-refractivity contribution < 1.29 is 23.8 Å². The van der Waals surface area contributed by atoms with Gasteiger partial charge in [-0.05, 0) is 48.6 Å². The highest BCUT2D eigenvalue weighted by Crippen LogP contribution is 2.31. The number of nitriles is 1. The van der Waals surface area contributed by atoms with Gasteiger partial charge in [-0.25, -0.2) is 0 Å². The predicted octanol–water partition coefficient (Wildman–Crippen LogP) is 2.75. The van der Waals surface area contributed by atoms with Gasteiger partial charge in [-0.3, -0.25) is 14.5 Å². The van der Waals surface area contributed by atoms with Crippen LogP contribution in [0.15, 0.2) is 54.2 Å². The van der Waals surface area contributed by atoms with E-state index in [2.05, 4.69) is 0 Å². The molecule has 0 aliphatic carbocycles. The molecule has 31 heavy (non-hydrogen) atoms. The number of hydrogen-bond acceptors (Lipinski definition) is 7. The molecule has 1 aliphatic heterocycles. The molecule has 1 fully saturated rings. The highest BCUT2D eigenvalue weighted by atomic mass is 32.1. The third-order valence-corrected chi connectivity index (χ3v) is 4.89. The monoisotopic (exact) mass is 437 g/mol. The van der Waals surface area contributed by atoms with Crippen molar-refractivity contribution in [2.24, 2.45) is 0 Å². The summed E-state index contributed by atoms with van der Waals surface area (Å²) in [5.74, 6) is 0.101. The molecular formula is C22H19N3O5S. The van der Waals surface area contributed by atoms with Crippen molar-refractivity contribution >= 4 is 41.0 Å². The largest absolute Gasteiger partial charge is 0.497 e. The van der Waals surface area contributed by atoms with Gasteiger partial charge in [0.2, 0.25) is 0 Å². The molecule has 0 aromatic heterocycles. The summed E-state index contributed by atoms with van der Waals surface area (Å²) in [4.78, 5) is 28.1. The summed E-state index contributed by atoms with van der Waals surface area (Å²) in [6, 6.07) is 15.7. The van der Waals surface area contributed by atoms with E-state index in [9.17, 15) is 9.59 Å². The zero-order valence-electron chi connectivity index (χ0n) is 16.9. The molecule has 0 N–H and O–H groups in total. The number of ether oxygens (including phenoxy) is 3. The lowest BCUT2D eigenvalue weighted by molar-refractivity contribution is -0.140. The quantitative estimate of drug-likeness (QED) is 0.371. The van der Waals surface area contributed by atoms with Crippen LogP contribution in [0.4, 0.5) is 5.69 Å². The number of carbonyl (C=O) groups excluding carboxylic acids is 2. The molecule has 0 unspecified atom stereocenters. The van der Waals surface area contributed by atoms with Crippen molar-refractivity contribution in [2.75, 3.05) is 32.3 Å². The normalized spacial score (nSPS) is 14.5. The first-order chi connectivity index (χ1) is 15.0. The number of anilines is 1. The SMILES string of the molecule is COC(=O)CN1C(=S)N(c2ccc(OC)cc2)C(=O)/C1=C/c1ccccc1OCC#N. The van der Waals surface area contributed by atoms with Crippen molar-refractivity contribution in [1.29, 1.82) is 5.26 Å². The predicted molar refractivity (Wildman–Crippen MR) is 117 cm³/mol. The van der Waals surface area contributed by atoms with Gasteiger partial charge >= 0.3 is 5.97 Å². The molecule has 3 rings (SSSR count). The van der Waals surface area contributed by atoms with Crippen LogP contribution in [0, 0.1) is 11.3 Å². The van der Waals surface area contributed by atoms with E-state index < -0.39 is 11.9 Å². The van der Waals surface area contributed by atoms with Crippen LogP contribution >= 0.6 is 12.2 Å². The Bertz CT molecular complexity index is 1080. The Morgan fingerprint density at radius 3 is 2.52 bits per heavy atom. The maximum absolute atomic E-state index is 13.3. The number of thiocarbonyl (C=S) groups is 1. The molecule has 1 heterocycles. The summed E-state index contributed by atoms with van der Waals surface area (Å²) in [6.07, 6.45) is 1.58. The fraction of sp³-hybridized carbons (Fsp3) is 0.182. The summed E-state index contributed by atoms with van der Waals surface area (Å²) < 4.78 is 15.4. The van der Waals surface area contributed by atoms with Gasteiger partial charge in [0.05, 0.1) is 19.9 Å². The van der Waals surface area contributed by atoms with E-state index in [1.165, 1.54) is 16.9 Å². The van der Waals surface area contributed by atoms with Crippen LogP contribution in [0.1, 0.15) is 5.56 Å². The highest BCUT2D eigenvalue weighted by Gasteiger charge is 2.40. The number of nitrogens with zero attached hydrogens (tertiary/aromatic N) is 3. The highest BCUT2D eigenvalue weighted by molar-refractivity contribution is 7.80. The maximum atomic E-state index is 13.3. The average molecular weight is 437 g/mol. The molecule has 2 aromatic rings. The molecule has 9 heteroatoms. The molecule has 1 saturated heterocycles. The number of rotatable bonds is 7. The molecular weight excluding hydrogens is 418 g/mol. The molecule has 0 radical (unpaired) electrons. The van der Waals surface area contributed by atoms with Crippen molar-refractivity contribution in [1.82, 2.24) is 4.90 Å². The van der Waals surface area contributed by atoms with Crippen LogP contribution in [-0.4, -0.2) is 49.3 Å². The van der Waals surface area contributed by atoms with E-state index in [0.717, 1.165) is 0 Å². The molecule has 0 atom stereocenters. The van der Waals surface area contributed by atoms with Crippen molar-refractivity contribution in [3.05, 3.63) is 59.8 Å². The van der Waals surface area contributed by atoms with Crippen LogP contribution in [0.25, 0.3) is 6.08 Å². The van der Waals surface area contributed by atoms with Gasteiger partial charge in [-0.15, -0.1) is 0 Å². The zero-order chi connectivity index (χ0) is 22.4. The van der Waals surface area contributed by atoms with E-state index in [4.69, 9.17) is 31.7 Å². The lowest BCUT2D eigenvalue weighted by Crippen LogP contribution is -2.35. The third kappa shape index (κ3) is 4.65. The zero-order valence-corrected chi connectivity index (χ0v) is 17.7. The van der Waals surface area contributed by atoms with Crippen molar-refractivity contribution in [3.63, 3.8) is 0 Å². The lowest BCUT2D eigenvalue weighted by atomic mass is 10.1. The minimum atomic E-state index is -0.549. The number of esters is 1. The molecule has 2 aromatic carbocycles. The second-order valence-corrected chi connectivity index (χ2v) is 6.66. The van der Waals surface area contributed by atoms with Gasteiger partial charge in [-0.1, -0.05) is 18.2 Å². The number of amides is 1. The van der Waals surface area contributed by atoms with E-state index in [0.29, 0.717) is 22.7 Å². The summed E-state index contributed by atoms with van der Waals surface area (Å²) in [5.41, 5.74) is 1.28. The van der Waals surface area contributed by atoms with Gasteiger partial charge in [0.15, 0.2) is 11.7 Å². The second kappa shape index (κ2) is 9.73. The first-order valence-electron chi connectivity index (χ1n) is 9.17. The van der Waals surface area contributed by atoms with Crippen LogP contribution in [0.2, 0.25) is 0 Å². The van der Waals surface area contributed by atoms with Crippen molar-refractivity contribution in [3.8, 4) is 17.6 Å². The van der Waals surface area contributed by atoms with Gasteiger partial charge in [-0.2, -0.15) is 5.26 Å². The maximum Gasteiger partial charge on any atom is 0.325 e. The summed E-state index contributed by atoms with van der Waals surface area (Å²) in [6.45, 7) is -0.378. The molecule has 158 valence electrons. The molecule has 0 spiro atoms. The molecule has 1 amide bonds. The number of hydrogen-bond donors (Lipinski definition) is 0. The smallest absolute Gasteiger partial charge is 0.325 e. The first kappa shape index (κ1) is 21.8. The third-order valence-electron chi connectivity index (χ3n) is 4.48. The molecule has 0 saturated carbocycles. The summed E-state index contributed by atoms with van der Waals surface area (Å²) >= 11 is 5.52. The lowest BCUT2D eigenvalue weighted by Gasteiger charge is -2.19. The molecule has 1 aliphatic rings. The van der Waals surface area contributed by atoms with Gasteiger partial charge < -0.3 is 19.1 Å². The molecule has 8 nitrogen and oxygen atoms in total. The minimum absolute atomic E-state index is 0.141. The van der Waals surface area contributed by atoms with E-state index in [1.807, 2.05) is 6.07 Å². The van der Waals surface area contributed by atoms with Crippen molar-refractivity contribution in [2.45, 2.75) is 0 Å². The van der Waals surface area contributed by atoms with E-state index >= 15 is 0 Å². The fourth-order valence-electron chi connectivity index (χ4n) is 2.97. The van der Waals surface area contributed by atoms with E-state index in [-0.39, 0.29) is 24.0 Å². The molecule has 0 bridgehead atoms. The number of benzene rings is 2. The second-order valence-electron chi connectivity index (χ2n) is 6.30. The standard InChI is InChI=1S/C22H19N3O5S/c1-28-17-9-7-16(8-10-17)25-21(27)18(24(22(25)31)14-20(26)29-2)13-15-5-3-4-6-19(15)30-12-11-23/h3-10,13H,12,14H2,1-2H3/b18-13-.